The first kappa shape index (κ1) is 42.8. The Hall–Kier alpha value is -6.15. The van der Waals surface area contributed by atoms with E-state index in [1.165, 1.54) is 11.1 Å². The van der Waals surface area contributed by atoms with Crippen molar-refractivity contribution in [1.29, 1.82) is 0 Å². The second-order valence-corrected chi connectivity index (χ2v) is 19.6. The highest BCUT2D eigenvalue weighted by atomic mass is 32.2. The van der Waals surface area contributed by atoms with E-state index in [0.717, 1.165) is 65.0 Å². The van der Waals surface area contributed by atoms with E-state index in [-0.39, 0.29) is 42.2 Å². The number of carbonyl (C=O) groups excluding carboxylic acids is 4. The number of β-amino-alcohol motifs (C(OH)–C–C–N with tert-alkyl or cyclic N) is 1. The Morgan fingerprint density at radius 2 is 1.77 bits per heavy atom. The van der Waals surface area contributed by atoms with E-state index >= 15 is 8.78 Å². The number of aliphatic hydroxyl groups excluding tert-OH is 1. The fourth-order valence-electron chi connectivity index (χ4n) is 9.98. The van der Waals surface area contributed by atoms with Crippen LogP contribution in [-0.4, -0.2) is 125 Å². The van der Waals surface area contributed by atoms with Crippen molar-refractivity contribution in [3.63, 3.8) is 0 Å². The van der Waals surface area contributed by atoms with E-state index in [2.05, 4.69) is 25.1 Å². The molecule has 3 amide bonds. The first-order valence-electron chi connectivity index (χ1n) is 21.6. The summed E-state index contributed by atoms with van der Waals surface area (Å²) in [7, 11) is -4.36. The Bertz CT molecular complexity index is 2880. The summed E-state index contributed by atoms with van der Waals surface area (Å²) in [4.78, 5) is 64.1. The van der Waals surface area contributed by atoms with Gasteiger partial charge < -0.3 is 19.9 Å². The molecular weight excluding hydrogens is 866 g/mol. The fourth-order valence-corrected chi connectivity index (χ4v) is 11.2. The third kappa shape index (κ3) is 8.04. The number of imide groups is 1. The van der Waals surface area contributed by atoms with Crippen molar-refractivity contribution in [2.45, 2.75) is 57.0 Å². The monoisotopic (exact) mass is 910 g/mol. The number of aryl methyl sites for hydroxylation is 1. The van der Waals surface area contributed by atoms with Crippen molar-refractivity contribution >= 4 is 56.1 Å². The van der Waals surface area contributed by atoms with Crippen LogP contribution in [0.5, 0.6) is 0 Å². The van der Waals surface area contributed by atoms with Crippen LogP contribution in [0, 0.1) is 17.0 Å². The number of fused-ring (bicyclic) bond motifs is 2. The van der Waals surface area contributed by atoms with Gasteiger partial charge >= 0.3 is 10.2 Å². The fraction of sp³-hybridized carbons (Fsp3) is 0.370. The number of piperidine rings is 1. The molecule has 1 unspecified atom stereocenters. The number of pyridine rings is 1. The summed E-state index contributed by atoms with van der Waals surface area (Å²) in [5, 5.41) is 13.6. The lowest BCUT2D eigenvalue weighted by molar-refractivity contribution is -0.136. The van der Waals surface area contributed by atoms with E-state index in [1.807, 2.05) is 41.1 Å². The number of alkyl halides is 1. The molecule has 0 radical (unpaired) electrons. The van der Waals surface area contributed by atoms with Crippen LogP contribution in [0.4, 0.5) is 24.5 Å². The Kier molecular flexibility index (Phi) is 10.8. The van der Waals surface area contributed by atoms with Crippen LogP contribution in [0.2, 0.25) is 0 Å². The van der Waals surface area contributed by atoms with Gasteiger partial charge in [0.15, 0.2) is 5.82 Å². The van der Waals surface area contributed by atoms with Gasteiger partial charge in [0.2, 0.25) is 17.6 Å². The SMILES string of the molecule is O=C1CC[C@H](N2Cc3cc(CC[C@H](O)CN4CC5(C4)CN(c4ccc(-c6cnc7[nH]cc(C(=O)c8c(F)ccc(NS(=O)(=O)N9CCC(F)C9)c8F)c7c6)cc4)C5)ccc3C2=O)C(=O)N1. The van der Waals surface area contributed by atoms with Crippen LogP contribution >= 0.6 is 0 Å². The molecule has 5 aliphatic rings. The van der Waals surface area contributed by atoms with Crippen LogP contribution in [0.15, 0.2) is 73.1 Å². The zero-order valence-corrected chi connectivity index (χ0v) is 35.8. The lowest BCUT2D eigenvalue weighted by atomic mass is 9.72. The summed E-state index contributed by atoms with van der Waals surface area (Å²) in [6.07, 6.45) is 2.78. The summed E-state index contributed by atoms with van der Waals surface area (Å²) < 4.78 is 73.0. The highest BCUT2D eigenvalue weighted by molar-refractivity contribution is 7.90. The number of ketones is 1. The molecule has 4 N–H and O–H groups in total. The molecule has 0 bridgehead atoms. The standard InChI is InChI=1S/C46H45F3N8O7S/c47-30-13-14-56(20-30)65(63,64)53-37-10-9-36(48)40(41(37)49)42(60)35-18-51-43-34(35)16-28(17-50-43)27-3-5-31(6-4-27)55-24-46(25-55)22-54(23-46)21-32(58)7-1-26-2-8-33-29(15-26)19-57(45(33)62)38-11-12-39(59)52-44(38)61/h2-6,8-10,15-18,30,32,38,53,58H,1,7,11-14,19-25H2,(H,50,51)(H,52,59,61)/t30?,32-,38-/m0/s1. The minimum atomic E-state index is -4.36. The zero-order chi connectivity index (χ0) is 45.4. The number of benzene rings is 3. The molecule has 10 rings (SSSR count). The number of anilines is 2. The Morgan fingerprint density at radius 3 is 2.51 bits per heavy atom. The zero-order valence-electron chi connectivity index (χ0n) is 35.0. The molecule has 3 aromatic carbocycles. The van der Waals surface area contributed by atoms with Gasteiger partial charge in [-0.05, 0) is 78.8 Å². The molecular formula is C46H45F3N8O7S. The molecule has 19 heteroatoms. The summed E-state index contributed by atoms with van der Waals surface area (Å²) in [5.74, 6) is -4.55. The summed E-state index contributed by atoms with van der Waals surface area (Å²) in [6.45, 7) is 3.89. The van der Waals surface area contributed by atoms with Crippen molar-refractivity contribution in [2.24, 2.45) is 5.41 Å². The number of H-pyrrole nitrogens is 1. The summed E-state index contributed by atoms with van der Waals surface area (Å²) in [6, 6.07) is 16.3. The average Bonchev–Trinajstić information content (AvgIpc) is 3.98. The molecule has 15 nitrogen and oxygen atoms in total. The van der Waals surface area contributed by atoms with Crippen LogP contribution in [0.1, 0.15) is 63.1 Å². The third-order valence-corrected chi connectivity index (χ3v) is 14.8. The number of aliphatic hydroxyl groups is 1. The molecule has 2 aromatic heterocycles. The molecule has 7 heterocycles. The highest BCUT2D eigenvalue weighted by Gasteiger charge is 2.51. The average molecular weight is 911 g/mol. The molecule has 338 valence electrons. The van der Waals surface area contributed by atoms with Crippen LogP contribution in [-0.2, 0) is 32.8 Å². The predicted molar refractivity (Wildman–Crippen MR) is 233 cm³/mol. The van der Waals surface area contributed by atoms with E-state index in [0.29, 0.717) is 54.5 Å². The quantitative estimate of drug-likeness (QED) is 0.0980. The number of halogens is 3. The molecule has 4 fully saturated rings. The van der Waals surface area contributed by atoms with E-state index < -0.39 is 69.6 Å². The van der Waals surface area contributed by atoms with E-state index in [1.54, 1.807) is 18.3 Å². The third-order valence-electron chi connectivity index (χ3n) is 13.3. The smallest absolute Gasteiger partial charge is 0.301 e. The van der Waals surface area contributed by atoms with E-state index in [9.17, 15) is 37.1 Å². The largest absolute Gasteiger partial charge is 0.392 e. The molecule has 4 saturated heterocycles. The lowest BCUT2D eigenvalue weighted by Crippen LogP contribution is -2.72. The Balaban J connectivity index is 0.720. The molecule has 5 aromatic rings. The van der Waals surface area contributed by atoms with Gasteiger partial charge in [0.1, 0.15) is 23.7 Å². The molecule has 65 heavy (non-hydrogen) atoms. The number of nitrogens with zero attached hydrogens (tertiary/aromatic N) is 5. The second-order valence-electron chi connectivity index (χ2n) is 17.9. The number of rotatable bonds is 13. The number of likely N-dealkylation sites (tertiary alicyclic amines) is 1. The van der Waals surface area contributed by atoms with Gasteiger partial charge in [0.05, 0.1) is 17.4 Å². The number of hydrogen-bond donors (Lipinski definition) is 4. The van der Waals surface area contributed by atoms with Crippen molar-refractivity contribution in [3.8, 4) is 11.1 Å². The number of amides is 3. The summed E-state index contributed by atoms with van der Waals surface area (Å²) >= 11 is 0. The van der Waals surface area contributed by atoms with Crippen molar-refractivity contribution in [2.75, 3.05) is 55.4 Å². The van der Waals surface area contributed by atoms with Crippen molar-refractivity contribution in [1.82, 2.24) is 29.4 Å². The number of carbonyl (C=O) groups is 4. The van der Waals surface area contributed by atoms with Gasteiger partial charge in [-0.2, -0.15) is 12.7 Å². The van der Waals surface area contributed by atoms with Crippen LogP contribution < -0.4 is 14.9 Å². The topological polar surface area (TPSA) is 188 Å². The Labute approximate surface area is 371 Å². The predicted octanol–water partition coefficient (Wildman–Crippen LogP) is 4.32. The maximum atomic E-state index is 15.7. The minimum absolute atomic E-state index is 0.00233. The first-order valence-corrected chi connectivity index (χ1v) is 23.0. The number of nitrogens with one attached hydrogen (secondary N) is 3. The van der Waals surface area contributed by atoms with Crippen molar-refractivity contribution < 1.29 is 45.9 Å². The van der Waals surface area contributed by atoms with Crippen molar-refractivity contribution in [3.05, 3.63) is 113 Å². The van der Waals surface area contributed by atoms with Crippen LogP contribution in [0.25, 0.3) is 22.2 Å². The molecule has 5 aliphatic heterocycles. The van der Waals surface area contributed by atoms with Gasteiger partial charge in [0, 0.05) is 104 Å². The van der Waals surface area contributed by atoms with Gasteiger partial charge in [-0.1, -0.05) is 24.3 Å². The minimum Gasteiger partial charge on any atom is -0.392 e. The molecule has 0 saturated carbocycles. The highest BCUT2D eigenvalue weighted by Crippen LogP contribution is 2.42. The number of hydrogen-bond acceptors (Lipinski definition) is 10. The Morgan fingerprint density at radius 1 is 0.985 bits per heavy atom. The maximum Gasteiger partial charge on any atom is 0.301 e. The summed E-state index contributed by atoms with van der Waals surface area (Å²) in [5.41, 5.74) is 3.75. The van der Waals surface area contributed by atoms with Gasteiger partial charge in [0.25, 0.3) is 5.91 Å². The number of aromatic nitrogens is 2. The van der Waals surface area contributed by atoms with Gasteiger partial charge in [-0.25, -0.2) is 18.2 Å². The maximum absolute atomic E-state index is 15.7. The van der Waals surface area contributed by atoms with Gasteiger partial charge in [-0.3, -0.25) is 34.1 Å². The molecule has 1 spiro atoms. The second kappa shape index (κ2) is 16.4. The lowest BCUT2D eigenvalue weighted by Gasteiger charge is -2.61. The van der Waals surface area contributed by atoms with E-state index in [4.69, 9.17) is 0 Å². The molecule has 0 aliphatic carbocycles. The van der Waals surface area contributed by atoms with Gasteiger partial charge in [-0.15, -0.1) is 0 Å². The van der Waals surface area contributed by atoms with Crippen LogP contribution in [0.3, 0.4) is 0 Å². The first-order chi connectivity index (χ1) is 31.1. The normalized spacial score (nSPS) is 21.4. The molecule has 3 atom stereocenters. The number of aromatic amines is 1.